The first-order valence-electron chi connectivity index (χ1n) is 8.17. The molecule has 1 aromatic heterocycles. The lowest BCUT2D eigenvalue weighted by atomic mass is 10.2. The van der Waals surface area contributed by atoms with Crippen LogP contribution in [0.4, 0.5) is 5.69 Å². The Morgan fingerprint density at radius 3 is 2.38 bits per heavy atom. The second-order valence-electron chi connectivity index (χ2n) is 5.80. The summed E-state index contributed by atoms with van der Waals surface area (Å²) < 4.78 is 10.9. The van der Waals surface area contributed by atoms with Crippen molar-refractivity contribution < 1.29 is 14.1 Å². The molecule has 0 atom stereocenters. The van der Waals surface area contributed by atoms with Gasteiger partial charge in [0.05, 0.1) is 11.3 Å². The summed E-state index contributed by atoms with van der Waals surface area (Å²) in [6, 6.07) is 14.8. The number of carbonyl (C=O) groups is 1. The third-order valence-electron chi connectivity index (χ3n) is 4.03. The van der Waals surface area contributed by atoms with Crippen molar-refractivity contribution in [2.45, 2.75) is 25.3 Å². The molecule has 0 radical (unpaired) electrons. The number of anilines is 1. The van der Waals surface area contributed by atoms with Crippen LogP contribution in [0, 0.1) is 13.8 Å². The van der Waals surface area contributed by atoms with Crippen molar-refractivity contribution in [1.82, 2.24) is 5.16 Å². The predicted molar refractivity (Wildman–Crippen MR) is 103 cm³/mol. The van der Waals surface area contributed by atoms with Gasteiger partial charge in [-0.25, -0.2) is 0 Å². The molecule has 3 aromatic rings. The highest BCUT2D eigenvalue weighted by molar-refractivity contribution is 7.98. The van der Waals surface area contributed by atoms with Gasteiger partial charge in [0.15, 0.2) is 0 Å². The number of rotatable bonds is 6. The minimum absolute atomic E-state index is 0.154. The minimum Gasteiger partial charge on any atom is -0.489 e. The number of hydrogen-bond donors (Lipinski definition) is 1. The van der Waals surface area contributed by atoms with Crippen LogP contribution in [-0.4, -0.2) is 17.3 Å². The van der Waals surface area contributed by atoms with E-state index in [2.05, 4.69) is 10.5 Å². The summed E-state index contributed by atoms with van der Waals surface area (Å²) in [6.07, 6.45) is 2.02. The van der Waals surface area contributed by atoms with Crippen molar-refractivity contribution >= 4 is 23.4 Å². The van der Waals surface area contributed by atoms with Gasteiger partial charge in [0.2, 0.25) is 0 Å². The Balaban J connectivity index is 1.60. The van der Waals surface area contributed by atoms with E-state index in [9.17, 15) is 4.79 Å². The van der Waals surface area contributed by atoms with Gasteiger partial charge in [0, 0.05) is 16.1 Å². The monoisotopic (exact) mass is 368 g/mol. The fraction of sp³-hybridized carbons (Fsp3) is 0.200. The predicted octanol–water partition coefficient (Wildman–Crippen LogP) is 4.84. The molecule has 1 heterocycles. The standard InChI is InChI=1S/C20H20N2O3S/c1-13-19(14(2)25-22-13)12-24-17-8-4-15(5-9-17)20(23)21-16-6-10-18(26-3)11-7-16/h4-11H,12H2,1-3H3,(H,21,23). The molecule has 0 fully saturated rings. The molecule has 0 bridgehead atoms. The fourth-order valence-electron chi connectivity index (χ4n) is 2.44. The average Bonchev–Trinajstić information content (AvgIpc) is 2.99. The van der Waals surface area contributed by atoms with Crippen molar-refractivity contribution in [2.75, 3.05) is 11.6 Å². The third-order valence-corrected chi connectivity index (χ3v) is 4.77. The summed E-state index contributed by atoms with van der Waals surface area (Å²) in [6.45, 7) is 4.13. The summed E-state index contributed by atoms with van der Waals surface area (Å²) in [7, 11) is 0. The number of benzene rings is 2. The Bertz CT molecular complexity index is 867. The van der Waals surface area contributed by atoms with Crippen LogP contribution in [0.1, 0.15) is 27.4 Å². The van der Waals surface area contributed by atoms with Crippen LogP contribution in [0.2, 0.25) is 0 Å². The van der Waals surface area contributed by atoms with Gasteiger partial charge in [-0.2, -0.15) is 0 Å². The van der Waals surface area contributed by atoms with Crippen molar-refractivity contribution in [3.63, 3.8) is 0 Å². The van der Waals surface area contributed by atoms with E-state index >= 15 is 0 Å². The lowest BCUT2D eigenvalue weighted by molar-refractivity contribution is 0.102. The maximum absolute atomic E-state index is 12.3. The normalized spacial score (nSPS) is 10.6. The topological polar surface area (TPSA) is 64.4 Å². The number of thioether (sulfide) groups is 1. The van der Waals surface area contributed by atoms with Crippen LogP contribution in [0.25, 0.3) is 0 Å². The van der Waals surface area contributed by atoms with Crippen LogP contribution >= 0.6 is 11.8 Å². The molecule has 0 unspecified atom stereocenters. The second kappa shape index (κ2) is 8.10. The molecular formula is C20H20N2O3S. The number of amides is 1. The first kappa shape index (κ1) is 18.1. The highest BCUT2D eigenvalue weighted by Gasteiger charge is 2.10. The molecule has 134 valence electrons. The Morgan fingerprint density at radius 1 is 1.12 bits per heavy atom. The summed E-state index contributed by atoms with van der Waals surface area (Å²) >= 11 is 1.66. The zero-order valence-corrected chi connectivity index (χ0v) is 15.7. The Labute approximate surface area is 156 Å². The van der Waals surface area contributed by atoms with Crippen LogP contribution < -0.4 is 10.1 Å². The van der Waals surface area contributed by atoms with E-state index in [-0.39, 0.29) is 5.91 Å². The number of ether oxygens (including phenoxy) is 1. The number of aryl methyl sites for hydroxylation is 2. The molecule has 6 heteroatoms. The molecule has 0 saturated heterocycles. The number of aromatic nitrogens is 1. The molecule has 3 rings (SSSR count). The minimum atomic E-state index is -0.154. The van der Waals surface area contributed by atoms with E-state index in [4.69, 9.17) is 9.26 Å². The lowest BCUT2D eigenvalue weighted by Crippen LogP contribution is -2.11. The van der Waals surface area contributed by atoms with Gasteiger partial charge in [0.25, 0.3) is 5.91 Å². The lowest BCUT2D eigenvalue weighted by Gasteiger charge is -2.08. The highest BCUT2D eigenvalue weighted by Crippen LogP contribution is 2.20. The number of hydrogen-bond acceptors (Lipinski definition) is 5. The summed E-state index contributed by atoms with van der Waals surface area (Å²) in [5.41, 5.74) is 3.11. The molecule has 2 aromatic carbocycles. The molecular weight excluding hydrogens is 348 g/mol. The van der Waals surface area contributed by atoms with E-state index in [0.717, 1.165) is 27.6 Å². The molecule has 1 N–H and O–H groups in total. The van der Waals surface area contributed by atoms with Crippen LogP contribution in [0.15, 0.2) is 57.9 Å². The first-order valence-corrected chi connectivity index (χ1v) is 9.39. The van der Waals surface area contributed by atoms with E-state index in [1.54, 1.807) is 36.0 Å². The van der Waals surface area contributed by atoms with Crippen molar-refractivity contribution in [2.24, 2.45) is 0 Å². The first-order chi connectivity index (χ1) is 12.6. The molecule has 1 amide bonds. The van der Waals surface area contributed by atoms with Gasteiger partial charge in [-0.1, -0.05) is 5.16 Å². The summed E-state index contributed by atoms with van der Waals surface area (Å²) in [5.74, 6) is 1.29. The molecule has 0 aliphatic rings. The van der Waals surface area contributed by atoms with Gasteiger partial charge >= 0.3 is 0 Å². The Hall–Kier alpha value is -2.73. The quantitative estimate of drug-likeness (QED) is 0.631. The van der Waals surface area contributed by atoms with Gasteiger partial charge in [-0.05, 0) is 68.6 Å². The van der Waals surface area contributed by atoms with Gasteiger partial charge in [-0.3, -0.25) is 4.79 Å². The highest BCUT2D eigenvalue weighted by atomic mass is 32.2. The van der Waals surface area contributed by atoms with Crippen LogP contribution in [0.5, 0.6) is 5.75 Å². The Kier molecular flexibility index (Phi) is 5.63. The number of nitrogens with one attached hydrogen (secondary N) is 1. The van der Waals surface area contributed by atoms with E-state index in [1.807, 2.05) is 44.4 Å². The van der Waals surface area contributed by atoms with Crippen molar-refractivity contribution in [1.29, 1.82) is 0 Å². The molecule has 0 saturated carbocycles. The smallest absolute Gasteiger partial charge is 0.255 e. The third kappa shape index (κ3) is 4.26. The van der Waals surface area contributed by atoms with E-state index in [0.29, 0.717) is 17.9 Å². The summed E-state index contributed by atoms with van der Waals surface area (Å²) in [4.78, 5) is 13.5. The van der Waals surface area contributed by atoms with Gasteiger partial charge < -0.3 is 14.6 Å². The fourth-order valence-corrected chi connectivity index (χ4v) is 2.85. The molecule has 5 nitrogen and oxygen atoms in total. The average molecular weight is 368 g/mol. The number of nitrogens with zero attached hydrogens (tertiary/aromatic N) is 1. The zero-order chi connectivity index (χ0) is 18.5. The zero-order valence-electron chi connectivity index (χ0n) is 14.9. The second-order valence-corrected chi connectivity index (χ2v) is 6.68. The van der Waals surface area contributed by atoms with Gasteiger partial charge in [-0.15, -0.1) is 11.8 Å². The summed E-state index contributed by atoms with van der Waals surface area (Å²) in [5, 5.41) is 6.80. The molecule has 0 aliphatic carbocycles. The van der Waals surface area contributed by atoms with E-state index < -0.39 is 0 Å². The van der Waals surface area contributed by atoms with Crippen LogP contribution in [-0.2, 0) is 6.61 Å². The molecule has 0 aliphatic heterocycles. The Morgan fingerprint density at radius 2 is 1.81 bits per heavy atom. The van der Waals surface area contributed by atoms with Crippen LogP contribution in [0.3, 0.4) is 0 Å². The number of carbonyl (C=O) groups excluding carboxylic acids is 1. The van der Waals surface area contributed by atoms with Crippen molar-refractivity contribution in [3.05, 3.63) is 71.1 Å². The molecule has 26 heavy (non-hydrogen) atoms. The van der Waals surface area contributed by atoms with Gasteiger partial charge in [0.1, 0.15) is 18.1 Å². The maximum Gasteiger partial charge on any atom is 0.255 e. The largest absolute Gasteiger partial charge is 0.489 e. The maximum atomic E-state index is 12.3. The SMILES string of the molecule is CSc1ccc(NC(=O)c2ccc(OCc3c(C)noc3C)cc2)cc1. The van der Waals surface area contributed by atoms with Crippen molar-refractivity contribution in [3.8, 4) is 5.75 Å². The van der Waals surface area contributed by atoms with E-state index in [1.165, 1.54) is 0 Å². The molecule has 0 spiro atoms.